The molecular formula is C22H25ClN4O4S. The first-order valence-corrected chi connectivity index (χ1v) is 11.3. The van der Waals surface area contributed by atoms with Crippen LogP contribution in [0.5, 0.6) is 17.2 Å². The number of anilines is 1. The number of aromatic nitrogens is 3. The highest BCUT2D eigenvalue weighted by molar-refractivity contribution is 7.99. The topological polar surface area (TPSA) is 87.5 Å². The first-order chi connectivity index (χ1) is 15.4. The summed E-state index contributed by atoms with van der Waals surface area (Å²) in [6.07, 6.45) is 0. The highest BCUT2D eigenvalue weighted by Crippen LogP contribution is 2.30. The van der Waals surface area contributed by atoms with Crippen molar-refractivity contribution < 1.29 is 19.0 Å². The zero-order chi connectivity index (χ0) is 23.1. The number of nitrogens with one attached hydrogen (secondary N) is 1. The first-order valence-electron chi connectivity index (χ1n) is 9.90. The largest absolute Gasteiger partial charge is 0.495 e. The Morgan fingerprint density at radius 2 is 1.84 bits per heavy atom. The molecule has 3 aromatic rings. The van der Waals surface area contributed by atoms with E-state index in [2.05, 4.69) is 15.5 Å². The number of hydrogen-bond acceptors (Lipinski definition) is 7. The van der Waals surface area contributed by atoms with Gasteiger partial charge in [0.15, 0.2) is 22.5 Å². The van der Waals surface area contributed by atoms with Gasteiger partial charge < -0.3 is 24.1 Å². The minimum atomic E-state index is -0.205. The lowest BCUT2D eigenvalue weighted by molar-refractivity contribution is -0.113. The molecule has 3 rings (SSSR count). The number of benzene rings is 2. The second-order valence-electron chi connectivity index (χ2n) is 6.77. The molecule has 0 aliphatic heterocycles. The number of halogens is 1. The van der Waals surface area contributed by atoms with E-state index in [9.17, 15) is 4.79 Å². The van der Waals surface area contributed by atoms with Gasteiger partial charge in [0.05, 0.1) is 25.7 Å². The van der Waals surface area contributed by atoms with Crippen LogP contribution < -0.4 is 19.5 Å². The van der Waals surface area contributed by atoms with E-state index in [0.29, 0.717) is 45.5 Å². The molecule has 0 atom stereocenters. The summed E-state index contributed by atoms with van der Waals surface area (Å²) in [5.74, 6) is 2.44. The molecule has 1 N–H and O–H groups in total. The van der Waals surface area contributed by atoms with E-state index in [0.717, 1.165) is 5.56 Å². The number of nitrogens with zero attached hydrogens (tertiary/aromatic N) is 3. The first kappa shape index (κ1) is 23.7. The number of carbonyl (C=O) groups is 1. The van der Waals surface area contributed by atoms with Crippen molar-refractivity contribution >= 4 is 35.0 Å². The fraction of sp³-hybridized carbons (Fsp3) is 0.318. The summed E-state index contributed by atoms with van der Waals surface area (Å²) in [5, 5.41) is 12.4. The molecule has 0 radical (unpaired) electrons. The molecule has 10 heteroatoms. The van der Waals surface area contributed by atoms with Crippen LogP contribution in [0.15, 0.2) is 41.6 Å². The van der Waals surface area contributed by atoms with E-state index < -0.39 is 0 Å². The predicted molar refractivity (Wildman–Crippen MR) is 125 cm³/mol. The third-order valence-electron chi connectivity index (χ3n) is 4.55. The SMILES string of the molecule is CCn1c(COc2ccc(C)cc2OC)nnc1SCC(=O)Nc1cc(Cl)ccc1OC. The van der Waals surface area contributed by atoms with Crippen molar-refractivity contribution in [3.05, 3.63) is 52.8 Å². The van der Waals surface area contributed by atoms with E-state index in [1.165, 1.54) is 18.9 Å². The minimum absolute atomic E-state index is 0.153. The molecule has 0 spiro atoms. The van der Waals surface area contributed by atoms with Crippen molar-refractivity contribution in [3.63, 3.8) is 0 Å². The Hall–Kier alpha value is -2.91. The molecule has 1 amide bonds. The number of ether oxygens (including phenoxy) is 3. The second-order valence-corrected chi connectivity index (χ2v) is 8.15. The number of hydrogen-bond donors (Lipinski definition) is 1. The summed E-state index contributed by atoms with van der Waals surface area (Å²) in [6.45, 7) is 4.85. The molecule has 8 nitrogen and oxygen atoms in total. The molecule has 1 aromatic heterocycles. The average Bonchev–Trinajstić information content (AvgIpc) is 3.18. The molecule has 0 fully saturated rings. The normalized spacial score (nSPS) is 10.7. The molecule has 0 aliphatic rings. The number of rotatable bonds is 10. The van der Waals surface area contributed by atoms with Crippen LogP contribution in [0.25, 0.3) is 0 Å². The van der Waals surface area contributed by atoms with Crippen molar-refractivity contribution in [1.82, 2.24) is 14.8 Å². The van der Waals surface area contributed by atoms with Crippen LogP contribution in [0.2, 0.25) is 5.02 Å². The van der Waals surface area contributed by atoms with Crippen LogP contribution in [0.3, 0.4) is 0 Å². The van der Waals surface area contributed by atoms with Gasteiger partial charge in [-0.1, -0.05) is 29.4 Å². The van der Waals surface area contributed by atoms with Crippen molar-refractivity contribution in [2.24, 2.45) is 0 Å². The molecule has 0 bridgehead atoms. The summed E-state index contributed by atoms with van der Waals surface area (Å²) in [6, 6.07) is 10.8. The summed E-state index contributed by atoms with van der Waals surface area (Å²) in [4.78, 5) is 12.5. The van der Waals surface area contributed by atoms with E-state index in [1.54, 1.807) is 25.3 Å². The number of thioether (sulfide) groups is 1. The zero-order valence-corrected chi connectivity index (χ0v) is 19.9. The summed E-state index contributed by atoms with van der Waals surface area (Å²) >= 11 is 7.31. The average molecular weight is 477 g/mol. The van der Waals surface area contributed by atoms with Gasteiger partial charge in [-0.15, -0.1) is 10.2 Å². The van der Waals surface area contributed by atoms with Crippen molar-refractivity contribution in [2.45, 2.75) is 32.2 Å². The third kappa shape index (κ3) is 5.86. The van der Waals surface area contributed by atoms with Crippen molar-refractivity contribution in [3.8, 4) is 17.2 Å². The molecular weight excluding hydrogens is 452 g/mol. The van der Waals surface area contributed by atoms with E-state index in [-0.39, 0.29) is 18.3 Å². The Bertz CT molecular complexity index is 1090. The summed E-state index contributed by atoms with van der Waals surface area (Å²) < 4.78 is 18.5. The highest BCUT2D eigenvalue weighted by Gasteiger charge is 2.16. The maximum Gasteiger partial charge on any atom is 0.234 e. The number of aryl methyl sites for hydroxylation is 1. The van der Waals surface area contributed by atoms with E-state index in [4.69, 9.17) is 25.8 Å². The molecule has 2 aromatic carbocycles. The second kappa shape index (κ2) is 11.1. The van der Waals surface area contributed by atoms with Gasteiger partial charge >= 0.3 is 0 Å². The van der Waals surface area contributed by atoms with Gasteiger partial charge in [0.2, 0.25) is 5.91 Å². The fourth-order valence-corrected chi connectivity index (χ4v) is 3.97. The number of amides is 1. The Morgan fingerprint density at radius 3 is 2.56 bits per heavy atom. The molecule has 170 valence electrons. The van der Waals surface area contributed by atoms with Gasteiger partial charge in [0.1, 0.15) is 12.4 Å². The van der Waals surface area contributed by atoms with Gasteiger partial charge in [0, 0.05) is 11.6 Å². The van der Waals surface area contributed by atoms with Gasteiger partial charge in [-0.2, -0.15) is 0 Å². The van der Waals surface area contributed by atoms with Gasteiger partial charge in [-0.25, -0.2) is 0 Å². The number of methoxy groups -OCH3 is 2. The molecule has 0 aliphatic carbocycles. The van der Waals surface area contributed by atoms with Crippen LogP contribution in [0, 0.1) is 6.92 Å². The summed E-state index contributed by atoms with van der Waals surface area (Å²) in [5.41, 5.74) is 1.60. The fourth-order valence-electron chi connectivity index (χ4n) is 2.98. The lowest BCUT2D eigenvalue weighted by Gasteiger charge is -2.12. The third-order valence-corrected chi connectivity index (χ3v) is 5.76. The van der Waals surface area contributed by atoms with Crippen molar-refractivity contribution in [2.75, 3.05) is 25.3 Å². The van der Waals surface area contributed by atoms with Crippen LogP contribution in [-0.2, 0) is 17.9 Å². The maximum atomic E-state index is 12.5. The molecule has 1 heterocycles. The predicted octanol–water partition coefficient (Wildman–Crippen LogP) is 4.59. The van der Waals surface area contributed by atoms with Crippen molar-refractivity contribution in [1.29, 1.82) is 0 Å². The molecule has 0 unspecified atom stereocenters. The van der Waals surface area contributed by atoms with E-state index in [1.807, 2.05) is 36.6 Å². The Morgan fingerprint density at radius 1 is 1.09 bits per heavy atom. The summed E-state index contributed by atoms with van der Waals surface area (Å²) in [7, 11) is 3.14. The van der Waals surface area contributed by atoms with Gasteiger partial charge in [-0.05, 0) is 49.7 Å². The Kier molecular flexibility index (Phi) is 8.24. The zero-order valence-electron chi connectivity index (χ0n) is 18.3. The highest BCUT2D eigenvalue weighted by atomic mass is 35.5. The van der Waals surface area contributed by atoms with E-state index >= 15 is 0 Å². The van der Waals surface area contributed by atoms with Gasteiger partial charge in [-0.3, -0.25) is 4.79 Å². The van der Waals surface area contributed by atoms with Crippen LogP contribution in [0.1, 0.15) is 18.3 Å². The quantitative estimate of drug-likeness (QED) is 0.428. The van der Waals surface area contributed by atoms with Crippen LogP contribution >= 0.6 is 23.4 Å². The Labute approximate surface area is 196 Å². The minimum Gasteiger partial charge on any atom is -0.495 e. The standard InChI is InChI=1S/C22H25ClN4O4S/c1-5-27-20(12-31-18-8-6-14(2)10-19(18)30-4)25-26-22(27)32-13-21(28)24-16-11-15(23)7-9-17(16)29-3/h6-11H,5,12-13H2,1-4H3,(H,24,28). The lowest BCUT2D eigenvalue weighted by Crippen LogP contribution is -2.15. The molecule has 32 heavy (non-hydrogen) atoms. The van der Waals surface area contributed by atoms with Crippen LogP contribution in [0.4, 0.5) is 5.69 Å². The van der Waals surface area contributed by atoms with Gasteiger partial charge in [0.25, 0.3) is 0 Å². The number of carbonyl (C=O) groups excluding carboxylic acids is 1. The molecule has 0 saturated carbocycles. The monoisotopic (exact) mass is 476 g/mol. The molecule has 0 saturated heterocycles. The maximum absolute atomic E-state index is 12.5. The van der Waals surface area contributed by atoms with Crippen LogP contribution in [-0.4, -0.2) is 40.6 Å². The smallest absolute Gasteiger partial charge is 0.234 e. The lowest BCUT2D eigenvalue weighted by atomic mass is 10.2. The Balaban J connectivity index is 1.63.